The minimum absolute atomic E-state index is 0.204. The van der Waals surface area contributed by atoms with Gasteiger partial charge in [-0.05, 0) is 49.6 Å². The van der Waals surface area contributed by atoms with Crippen molar-refractivity contribution in [2.75, 3.05) is 0 Å². The Morgan fingerprint density at radius 3 is 1.96 bits per heavy atom. The van der Waals surface area contributed by atoms with Crippen LogP contribution in [0.25, 0.3) is 65.3 Å². The summed E-state index contributed by atoms with van der Waals surface area (Å²) in [6.07, 6.45) is 0. The van der Waals surface area contributed by atoms with Crippen molar-refractivity contribution in [1.29, 1.82) is 0 Å². The zero-order valence-electron chi connectivity index (χ0n) is 30.0. The molecule has 0 fully saturated rings. The van der Waals surface area contributed by atoms with Gasteiger partial charge in [-0.3, -0.25) is 0 Å². The van der Waals surface area contributed by atoms with Gasteiger partial charge in [-0.25, -0.2) is 0 Å². The van der Waals surface area contributed by atoms with Crippen molar-refractivity contribution in [2.24, 2.45) is 0 Å². The van der Waals surface area contributed by atoms with E-state index >= 15 is 0 Å². The van der Waals surface area contributed by atoms with E-state index in [0.29, 0.717) is 5.92 Å². The molecular formula is C47H44Cl2Zr. The van der Waals surface area contributed by atoms with Crippen LogP contribution in [0.2, 0.25) is 0 Å². The van der Waals surface area contributed by atoms with E-state index in [9.17, 15) is 0 Å². The summed E-state index contributed by atoms with van der Waals surface area (Å²) in [5.41, 5.74) is 11.0. The van der Waals surface area contributed by atoms with Crippen LogP contribution < -0.4 is 0 Å². The van der Waals surface area contributed by atoms with Gasteiger partial charge in [0.2, 0.25) is 0 Å². The molecule has 0 bridgehead atoms. The number of rotatable bonds is 3. The number of hydrogen-bond donors (Lipinski definition) is 0. The molecule has 0 atom stereocenters. The van der Waals surface area contributed by atoms with Gasteiger partial charge in [-0.15, -0.1) is 68.6 Å². The van der Waals surface area contributed by atoms with E-state index in [1.165, 1.54) is 87.6 Å². The first-order valence-corrected chi connectivity index (χ1v) is 23.7. The van der Waals surface area contributed by atoms with Gasteiger partial charge in [0.25, 0.3) is 0 Å². The fourth-order valence-corrected chi connectivity index (χ4v) is 7.09. The zero-order chi connectivity index (χ0) is 35.6. The van der Waals surface area contributed by atoms with Crippen molar-refractivity contribution < 1.29 is 20.8 Å². The molecule has 0 saturated heterocycles. The standard InChI is InChI=1S/C25H19.C22H25.2ClH.Zr/c1-16-14-24-17(2)10-12-23(25(24)15-16)21-9-5-8-20-19-7-4-3-6-18(19)11-13-22(20)21;1-15(2)18-13-17-7-6-8-20(21(17)14-18)16-9-11-19(12-10-16)22(3,4)5;;;/h3-15H,1-2H3;6-15H,1-5H3;2*1H;/q2*-1;;;+4/p-2. The first-order chi connectivity index (χ1) is 24.0. The van der Waals surface area contributed by atoms with E-state index in [-0.39, 0.29) is 5.41 Å². The molecule has 0 aliphatic carbocycles. The van der Waals surface area contributed by atoms with Gasteiger partial charge < -0.3 is 0 Å². The second-order valence-electron chi connectivity index (χ2n) is 14.6. The Morgan fingerprint density at radius 2 is 1.24 bits per heavy atom. The summed E-state index contributed by atoms with van der Waals surface area (Å²) in [5.74, 6) is 0.573. The Balaban J connectivity index is 0.000000162. The Bertz CT molecular complexity index is 2400. The molecule has 0 unspecified atom stereocenters. The molecule has 0 amide bonds. The van der Waals surface area contributed by atoms with Gasteiger partial charge in [0, 0.05) is 0 Å². The summed E-state index contributed by atoms with van der Waals surface area (Å²) in [4.78, 5) is 0. The molecule has 8 rings (SSSR count). The second kappa shape index (κ2) is 15.4. The van der Waals surface area contributed by atoms with E-state index in [4.69, 9.17) is 17.0 Å². The van der Waals surface area contributed by atoms with Crippen molar-refractivity contribution >= 4 is 60.1 Å². The number of hydrogen-bond acceptors (Lipinski definition) is 0. The molecule has 3 heteroatoms. The first-order valence-electron chi connectivity index (χ1n) is 17.3. The van der Waals surface area contributed by atoms with Gasteiger partial charge in [-0.1, -0.05) is 151 Å². The fourth-order valence-electron chi connectivity index (χ4n) is 7.09. The van der Waals surface area contributed by atoms with E-state index < -0.39 is 20.8 Å². The number of aryl methyl sites for hydroxylation is 2. The van der Waals surface area contributed by atoms with Gasteiger partial charge in [-0.2, -0.15) is 12.1 Å². The van der Waals surface area contributed by atoms with Crippen molar-refractivity contribution in [3.05, 3.63) is 156 Å². The van der Waals surface area contributed by atoms with Crippen molar-refractivity contribution in [1.82, 2.24) is 0 Å². The van der Waals surface area contributed by atoms with Gasteiger partial charge in [0.15, 0.2) is 0 Å². The van der Waals surface area contributed by atoms with E-state index in [0.717, 1.165) is 0 Å². The molecule has 250 valence electrons. The molecule has 0 heterocycles. The third kappa shape index (κ3) is 7.57. The third-order valence-corrected chi connectivity index (χ3v) is 9.83. The maximum absolute atomic E-state index is 4.93. The molecule has 0 N–H and O–H groups in total. The van der Waals surface area contributed by atoms with E-state index in [1.54, 1.807) is 0 Å². The number of benzene rings is 6. The molecule has 0 aliphatic rings. The number of halogens is 2. The number of fused-ring (bicyclic) bond motifs is 5. The zero-order valence-corrected chi connectivity index (χ0v) is 34.0. The van der Waals surface area contributed by atoms with Crippen LogP contribution >= 0.6 is 17.0 Å². The van der Waals surface area contributed by atoms with Gasteiger partial charge >= 0.3 is 37.9 Å². The SMILES string of the molecule is CC(C)c1cc2c(-c3ccc(C(C)(C)C)cc3)cccc2[cH-]1.Cc1cc2c(-c3cccc4c3ccc3ccccc34)ccc(C)c2[cH-]1.[Cl][Zr+2][Cl]. The summed E-state index contributed by atoms with van der Waals surface area (Å²) in [6.45, 7) is 15.7. The Morgan fingerprint density at radius 1 is 0.580 bits per heavy atom. The Kier molecular flexibility index (Phi) is 11.2. The molecule has 0 nitrogen and oxygen atoms in total. The normalized spacial score (nSPS) is 11.4. The van der Waals surface area contributed by atoms with Crippen molar-refractivity contribution in [3.63, 3.8) is 0 Å². The van der Waals surface area contributed by atoms with Crippen molar-refractivity contribution in [3.8, 4) is 22.3 Å². The van der Waals surface area contributed by atoms with Gasteiger partial charge in [0.1, 0.15) is 0 Å². The van der Waals surface area contributed by atoms with Crippen LogP contribution in [0.5, 0.6) is 0 Å². The van der Waals surface area contributed by atoms with Crippen molar-refractivity contribution in [2.45, 2.75) is 59.8 Å². The molecule has 8 aromatic carbocycles. The minimum atomic E-state index is -0.826. The summed E-state index contributed by atoms with van der Waals surface area (Å²) in [7, 11) is 9.87. The van der Waals surface area contributed by atoms with Crippen LogP contribution in [-0.4, -0.2) is 0 Å². The summed E-state index contributed by atoms with van der Waals surface area (Å²) in [6, 6.07) is 49.3. The summed E-state index contributed by atoms with van der Waals surface area (Å²) in [5, 5.41) is 10.7. The molecule has 0 radical (unpaired) electrons. The summed E-state index contributed by atoms with van der Waals surface area (Å²) < 4.78 is 0. The Labute approximate surface area is 316 Å². The second-order valence-corrected chi connectivity index (χ2v) is 18.4. The predicted molar refractivity (Wildman–Crippen MR) is 219 cm³/mol. The molecular weight excluding hydrogens is 727 g/mol. The van der Waals surface area contributed by atoms with Crippen LogP contribution in [0.15, 0.2) is 133 Å². The van der Waals surface area contributed by atoms with E-state index in [2.05, 4.69) is 182 Å². The molecule has 50 heavy (non-hydrogen) atoms. The predicted octanol–water partition coefficient (Wildman–Crippen LogP) is 15.2. The molecule has 0 saturated carbocycles. The summed E-state index contributed by atoms with van der Waals surface area (Å²) >= 11 is -0.826. The van der Waals surface area contributed by atoms with Crippen LogP contribution in [0, 0.1) is 13.8 Å². The monoisotopic (exact) mass is 768 g/mol. The Hall–Kier alpha value is -3.48. The third-order valence-electron chi connectivity index (χ3n) is 9.83. The average Bonchev–Trinajstić information content (AvgIpc) is 3.73. The molecule has 0 aromatic heterocycles. The molecule has 0 aliphatic heterocycles. The van der Waals surface area contributed by atoms with Crippen LogP contribution in [0.1, 0.15) is 62.8 Å². The maximum atomic E-state index is 4.93. The van der Waals surface area contributed by atoms with E-state index in [1.807, 2.05) is 0 Å². The fraction of sp³-hybridized carbons (Fsp3) is 0.191. The molecule has 8 aromatic rings. The molecule has 0 spiro atoms. The first kappa shape index (κ1) is 36.3. The van der Waals surface area contributed by atoms with Crippen LogP contribution in [-0.2, 0) is 26.3 Å². The topological polar surface area (TPSA) is 0 Å². The van der Waals surface area contributed by atoms with Crippen LogP contribution in [0.3, 0.4) is 0 Å². The average molecular weight is 771 g/mol. The quantitative estimate of drug-likeness (QED) is 0.124. The van der Waals surface area contributed by atoms with Gasteiger partial charge in [0.05, 0.1) is 0 Å². The van der Waals surface area contributed by atoms with Crippen LogP contribution in [0.4, 0.5) is 0 Å².